The van der Waals surface area contributed by atoms with E-state index in [1.165, 1.54) is 6.42 Å². The van der Waals surface area contributed by atoms with Crippen LogP contribution in [-0.2, 0) is 4.79 Å². The predicted molar refractivity (Wildman–Crippen MR) is 72.5 cm³/mol. The molecule has 0 bridgehead atoms. The van der Waals surface area contributed by atoms with Crippen LogP contribution in [0.1, 0.15) is 46.0 Å². The second-order valence-electron chi connectivity index (χ2n) is 5.99. The number of rotatable bonds is 1. The number of carbonyl (C=O) groups excluding carboxylic acids is 1. The molecule has 17 heavy (non-hydrogen) atoms. The van der Waals surface area contributed by atoms with Crippen LogP contribution in [-0.4, -0.2) is 36.5 Å². The summed E-state index contributed by atoms with van der Waals surface area (Å²) in [6.45, 7) is 7.55. The van der Waals surface area contributed by atoms with Gasteiger partial charge in [0.25, 0.3) is 0 Å². The van der Waals surface area contributed by atoms with E-state index in [0.717, 1.165) is 45.3 Å². The van der Waals surface area contributed by atoms with Crippen molar-refractivity contribution >= 4 is 18.3 Å². The summed E-state index contributed by atoms with van der Waals surface area (Å²) >= 11 is 0. The fraction of sp³-hybridized carbons (Fsp3) is 0.923. The lowest BCUT2D eigenvalue weighted by atomic mass is 9.85. The minimum absolute atomic E-state index is 0. The Balaban J connectivity index is 0.00000144. The van der Waals surface area contributed by atoms with Gasteiger partial charge in [-0.3, -0.25) is 4.79 Å². The molecule has 100 valence electrons. The predicted octanol–water partition coefficient (Wildman–Crippen LogP) is 2.20. The standard InChI is InChI=1S/C13H24N2O.ClH/c1-13(2)6-4-9-15(10-7-13)12(16)11-5-3-8-14-11;/h11,14H,3-10H2,1-2H3;1H/t11-;/m0./s1. The molecule has 0 aromatic carbocycles. The number of amides is 1. The molecule has 2 rings (SSSR count). The molecule has 2 fully saturated rings. The van der Waals surface area contributed by atoms with E-state index in [1.807, 2.05) is 0 Å². The molecule has 1 amide bonds. The highest BCUT2D eigenvalue weighted by molar-refractivity contribution is 5.85. The first-order chi connectivity index (χ1) is 7.58. The van der Waals surface area contributed by atoms with E-state index in [0.29, 0.717) is 11.3 Å². The van der Waals surface area contributed by atoms with Crippen molar-refractivity contribution in [2.24, 2.45) is 5.41 Å². The maximum absolute atomic E-state index is 12.2. The van der Waals surface area contributed by atoms with Gasteiger partial charge in [0.2, 0.25) is 5.91 Å². The Morgan fingerprint density at radius 1 is 1.24 bits per heavy atom. The van der Waals surface area contributed by atoms with Crippen molar-refractivity contribution in [3.8, 4) is 0 Å². The number of nitrogens with zero attached hydrogens (tertiary/aromatic N) is 1. The third kappa shape index (κ3) is 3.85. The van der Waals surface area contributed by atoms with Crippen LogP contribution in [0.15, 0.2) is 0 Å². The highest BCUT2D eigenvalue weighted by Gasteiger charge is 2.30. The van der Waals surface area contributed by atoms with Gasteiger partial charge in [0.1, 0.15) is 0 Å². The average molecular weight is 261 g/mol. The summed E-state index contributed by atoms with van der Waals surface area (Å²) in [4.78, 5) is 14.3. The number of hydrogen-bond donors (Lipinski definition) is 1. The maximum atomic E-state index is 12.2. The van der Waals surface area contributed by atoms with Crippen LogP contribution in [0, 0.1) is 5.41 Å². The van der Waals surface area contributed by atoms with Crippen molar-refractivity contribution in [3.05, 3.63) is 0 Å². The molecule has 0 aromatic rings. The van der Waals surface area contributed by atoms with Gasteiger partial charge < -0.3 is 10.2 Å². The van der Waals surface area contributed by atoms with Crippen molar-refractivity contribution in [2.75, 3.05) is 19.6 Å². The molecule has 2 saturated heterocycles. The lowest BCUT2D eigenvalue weighted by molar-refractivity contribution is -0.133. The highest BCUT2D eigenvalue weighted by atomic mass is 35.5. The largest absolute Gasteiger partial charge is 0.341 e. The lowest BCUT2D eigenvalue weighted by Crippen LogP contribution is -2.44. The van der Waals surface area contributed by atoms with Crippen LogP contribution in [0.2, 0.25) is 0 Å². The van der Waals surface area contributed by atoms with E-state index in [1.54, 1.807) is 0 Å². The third-order valence-electron chi connectivity index (χ3n) is 4.01. The van der Waals surface area contributed by atoms with E-state index in [2.05, 4.69) is 24.1 Å². The van der Waals surface area contributed by atoms with Crippen LogP contribution in [0.4, 0.5) is 0 Å². The Labute approximate surface area is 111 Å². The van der Waals surface area contributed by atoms with Gasteiger partial charge in [0, 0.05) is 13.1 Å². The maximum Gasteiger partial charge on any atom is 0.239 e. The number of hydrogen-bond acceptors (Lipinski definition) is 2. The molecule has 0 radical (unpaired) electrons. The van der Waals surface area contributed by atoms with Gasteiger partial charge in [-0.15, -0.1) is 12.4 Å². The fourth-order valence-electron chi connectivity index (χ4n) is 2.76. The molecule has 2 aliphatic heterocycles. The Morgan fingerprint density at radius 2 is 2.00 bits per heavy atom. The summed E-state index contributed by atoms with van der Waals surface area (Å²) < 4.78 is 0. The van der Waals surface area contributed by atoms with Gasteiger partial charge in [-0.1, -0.05) is 13.8 Å². The lowest BCUT2D eigenvalue weighted by Gasteiger charge is -2.25. The Bertz CT molecular complexity index is 262. The van der Waals surface area contributed by atoms with Crippen molar-refractivity contribution in [2.45, 2.75) is 52.0 Å². The zero-order valence-corrected chi connectivity index (χ0v) is 11.8. The van der Waals surface area contributed by atoms with Gasteiger partial charge in [-0.05, 0) is 44.1 Å². The monoisotopic (exact) mass is 260 g/mol. The molecule has 0 unspecified atom stereocenters. The summed E-state index contributed by atoms with van der Waals surface area (Å²) in [5.41, 5.74) is 0.415. The van der Waals surface area contributed by atoms with E-state index in [9.17, 15) is 4.79 Å². The van der Waals surface area contributed by atoms with Crippen LogP contribution >= 0.6 is 12.4 Å². The van der Waals surface area contributed by atoms with E-state index in [-0.39, 0.29) is 18.4 Å². The first kappa shape index (κ1) is 14.8. The van der Waals surface area contributed by atoms with Crippen molar-refractivity contribution < 1.29 is 4.79 Å². The van der Waals surface area contributed by atoms with E-state index < -0.39 is 0 Å². The Morgan fingerprint density at radius 3 is 2.65 bits per heavy atom. The molecule has 3 nitrogen and oxygen atoms in total. The second-order valence-corrected chi connectivity index (χ2v) is 5.99. The van der Waals surface area contributed by atoms with Crippen LogP contribution in [0.25, 0.3) is 0 Å². The molecule has 2 heterocycles. The van der Waals surface area contributed by atoms with Crippen LogP contribution < -0.4 is 5.32 Å². The number of likely N-dealkylation sites (tertiary alicyclic amines) is 1. The van der Waals surface area contributed by atoms with Gasteiger partial charge >= 0.3 is 0 Å². The normalized spacial score (nSPS) is 28.4. The summed E-state index contributed by atoms with van der Waals surface area (Å²) in [7, 11) is 0. The number of nitrogens with one attached hydrogen (secondary N) is 1. The van der Waals surface area contributed by atoms with E-state index in [4.69, 9.17) is 0 Å². The molecule has 0 spiro atoms. The summed E-state index contributed by atoms with van der Waals surface area (Å²) in [5.74, 6) is 0.343. The fourth-order valence-corrected chi connectivity index (χ4v) is 2.76. The second kappa shape index (κ2) is 6.05. The number of halogens is 1. The molecule has 2 aliphatic rings. The third-order valence-corrected chi connectivity index (χ3v) is 4.01. The molecule has 0 aromatic heterocycles. The number of carbonyl (C=O) groups is 1. The van der Waals surface area contributed by atoms with Crippen LogP contribution in [0.3, 0.4) is 0 Å². The molecule has 1 N–H and O–H groups in total. The molecular weight excluding hydrogens is 236 g/mol. The Kier molecular flexibility index (Phi) is 5.26. The SMILES string of the molecule is CC1(C)CCCN(C(=O)[C@@H]2CCCN2)CC1.Cl. The van der Waals surface area contributed by atoms with Crippen molar-refractivity contribution in [3.63, 3.8) is 0 Å². The summed E-state index contributed by atoms with van der Waals surface area (Å²) in [6, 6.07) is 0.112. The molecule has 1 atom stereocenters. The van der Waals surface area contributed by atoms with Gasteiger partial charge in [0.05, 0.1) is 6.04 Å². The van der Waals surface area contributed by atoms with Gasteiger partial charge in [-0.25, -0.2) is 0 Å². The summed E-state index contributed by atoms with van der Waals surface area (Å²) in [6.07, 6.45) is 5.72. The van der Waals surface area contributed by atoms with Gasteiger partial charge in [-0.2, -0.15) is 0 Å². The van der Waals surface area contributed by atoms with Crippen LogP contribution in [0.5, 0.6) is 0 Å². The Hall–Kier alpha value is -0.280. The minimum Gasteiger partial charge on any atom is -0.341 e. The topological polar surface area (TPSA) is 32.3 Å². The molecule has 4 heteroatoms. The van der Waals surface area contributed by atoms with Gasteiger partial charge in [0.15, 0.2) is 0 Å². The first-order valence-corrected chi connectivity index (χ1v) is 6.61. The first-order valence-electron chi connectivity index (χ1n) is 6.61. The summed E-state index contributed by atoms with van der Waals surface area (Å²) in [5, 5.41) is 3.30. The van der Waals surface area contributed by atoms with E-state index >= 15 is 0 Å². The zero-order valence-electron chi connectivity index (χ0n) is 11.0. The minimum atomic E-state index is 0. The smallest absolute Gasteiger partial charge is 0.239 e. The zero-order chi connectivity index (χ0) is 11.6. The molecular formula is C13H25ClN2O. The highest BCUT2D eigenvalue weighted by Crippen LogP contribution is 2.30. The molecule has 0 aliphatic carbocycles. The quantitative estimate of drug-likeness (QED) is 0.784. The van der Waals surface area contributed by atoms with Crippen molar-refractivity contribution in [1.82, 2.24) is 10.2 Å². The van der Waals surface area contributed by atoms with Crippen molar-refractivity contribution in [1.29, 1.82) is 0 Å². The molecule has 0 saturated carbocycles. The average Bonchev–Trinajstić information content (AvgIpc) is 2.69.